The molecule has 9 nitrogen and oxygen atoms in total. The molecule has 2 aromatic heterocycles. The molecule has 0 unspecified atom stereocenters. The minimum absolute atomic E-state index is 0.118. The second-order valence-corrected chi connectivity index (χ2v) is 7.60. The summed E-state index contributed by atoms with van der Waals surface area (Å²) in [5.74, 6) is -1.63. The molecule has 1 amide bonds. The smallest absolute Gasteiger partial charge is 0.475 e. The molecule has 0 aliphatic carbocycles. The van der Waals surface area contributed by atoms with Crippen molar-refractivity contribution in [2.75, 3.05) is 17.7 Å². The average molecular weight is 452 g/mol. The SMILES string of the molecule is CNC(=O)c1ccc(Nc2nc(NC(C)(C)C)c3cc[nH]c3n2)cc1.O=C(O)C(F)(F)F. The second-order valence-electron chi connectivity index (χ2n) is 7.60. The number of benzene rings is 1. The van der Waals surface area contributed by atoms with Gasteiger partial charge in [0.05, 0.1) is 5.39 Å². The lowest BCUT2D eigenvalue weighted by molar-refractivity contribution is -0.192. The standard InChI is InChI=1S/C18H22N6O.C2HF3O2/c1-18(2,3)24-15-13-9-10-20-14(13)22-17(23-15)21-12-7-5-11(6-8-12)16(25)19-4;3-2(4,5)1(6)7/h5-10H,1-4H3,(H,19,25)(H3,20,21,22,23,24);(H,6,7). The highest BCUT2D eigenvalue weighted by Crippen LogP contribution is 2.25. The molecule has 0 atom stereocenters. The Balaban J connectivity index is 0.000000451. The number of carboxylic acid groups (broad SMARTS) is 1. The summed E-state index contributed by atoms with van der Waals surface area (Å²) in [4.78, 5) is 32.7. The highest BCUT2D eigenvalue weighted by atomic mass is 19.4. The summed E-state index contributed by atoms with van der Waals surface area (Å²) in [6.07, 6.45) is -3.24. The highest BCUT2D eigenvalue weighted by molar-refractivity contribution is 5.94. The molecular weight excluding hydrogens is 429 g/mol. The van der Waals surface area contributed by atoms with Gasteiger partial charge in [-0.3, -0.25) is 4.79 Å². The lowest BCUT2D eigenvalue weighted by Crippen LogP contribution is -2.27. The van der Waals surface area contributed by atoms with Gasteiger partial charge in [0.2, 0.25) is 5.95 Å². The Morgan fingerprint density at radius 2 is 1.62 bits per heavy atom. The van der Waals surface area contributed by atoms with Crippen LogP contribution in [-0.2, 0) is 4.79 Å². The van der Waals surface area contributed by atoms with Gasteiger partial charge in [0.15, 0.2) is 0 Å². The van der Waals surface area contributed by atoms with E-state index in [-0.39, 0.29) is 11.4 Å². The normalized spacial score (nSPS) is 11.3. The van der Waals surface area contributed by atoms with Crippen LogP contribution in [-0.4, -0.2) is 50.7 Å². The lowest BCUT2D eigenvalue weighted by Gasteiger charge is -2.22. The number of aromatic amines is 1. The summed E-state index contributed by atoms with van der Waals surface area (Å²) < 4.78 is 31.7. The molecule has 3 rings (SSSR count). The first-order valence-corrected chi connectivity index (χ1v) is 9.33. The number of carboxylic acids is 1. The number of nitrogens with zero attached hydrogens (tertiary/aromatic N) is 2. The van der Waals surface area contributed by atoms with Gasteiger partial charge >= 0.3 is 12.1 Å². The van der Waals surface area contributed by atoms with Crippen molar-refractivity contribution in [3.8, 4) is 0 Å². The van der Waals surface area contributed by atoms with Crippen LogP contribution in [0.5, 0.6) is 0 Å². The van der Waals surface area contributed by atoms with Crippen LogP contribution in [0.4, 0.5) is 30.6 Å². The third-order valence-electron chi connectivity index (χ3n) is 3.78. The van der Waals surface area contributed by atoms with Crippen LogP contribution in [0, 0.1) is 0 Å². The number of carbonyl (C=O) groups is 2. The van der Waals surface area contributed by atoms with Gasteiger partial charge in [-0.1, -0.05) is 0 Å². The summed E-state index contributed by atoms with van der Waals surface area (Å²) in [5, 5.41) is 17.3. The third kappa shape index (κ3) is 6.86. The first-order chi connectivity index (χ1) is 14.8. The first-order valence-electron chi connectivity index (χ1n) is 9.33. The third-order valence-corrected chi connectivity index (χ3v) is 3.78. The number of aromatic nitrogens is 3. The van der Waals surface area contributed by atoms with Crippen LogP contribution >= 0.6 is 0 Å². The maximum atomic E-state index is 11.6. The fourth-order valence-corrected chi connectivity index (χ4v) is 2.43. The molecule has 0 radical (unpaired) electrons. The number of H-pyrrole nitrogens is 1. The zero-order chi connectivity index (χ0) is 24.1. The largest absolute Gasteiger partial charge is 0.490 e. The van der Waals surface area contributed by atoms with Crippen molar-refractivity contribution >= 4 is 40.4 Å². The topological polar surface area (TPSA) is 132 Å². The van der Waals surface area contributed by atoms with E-state index in [0.29, 0.717) is 11.5 Å². The van der Waals surface area contributed by atoms with E-state index in [0.717, 1.165) is 22.5 Å². The molecule has 172 valence electrons. The van der Waals surface area contributed by atoms with Crippen LogP contribution in [0.25, 0.3) is 11.0 Å². The summed E-state index contributed by atoms with van der Waals surface area (Å²) in [7, 11) is 1.61. The molecule has 0 saturated heterocycles. The molecule has 0 saturated carbocycles. The molecule has 1 aromatic carbocycles. The van der Waals surface area contributed by atoms with Gasteiger partial charge in [0.25, 0.3) is 5.91 Å². The molecule has 0 aliphatic rings. The summed E-state index contributed by atoms with van der Waals surface area (Å²) in [6, 6.07) is 9.10. The van der Waals surface area contributed by atoms with Gasteiger partial charge in [0, 0.05) is 30.0 Å². The Hall–Kier alpha value is -3.83. The molecular formula is C20H23F3N6O3. The van der Waals surface area contributed by atoms with E-state index < -0.39 is 12.1 Å². The van der Waals surface area contributed by atoms with Crippen molar-refractivity contribution in [3.63, 3.8) is 0 Å². The van der Waals surface area contributed by atoms with Crippen LogP contribution in [0.15, 0.2) is 36.5 Å². The molecule has 12 heteroatoms. The van der Waals surface area contributed by atoms with Gasteiger partial charge in [-0.05, 0) is 51.1 Å². The van der Waals surface area contributed by atoms with E-state index in [9.17, 15) is 18.0 Å². The number of aliphatic carboxylic acids is 1. The summed E-state index contributed by atoms with van der Waals surface area (Å²) in [5.41, 5.74) is 2.04. The minimum Gasteiger partial charge on any atom is -0.475 e. The van der Waals surface area contributed by atoms with E-state index in [2.05, 4.69) is 51.7 Å². The molecule has 32 heavy (non-hydrogen) atoms. The van der Waals surface area contributed by atoms with Gasteiger partial charge < -0.3 is 26.0 Å². The number of alkyl halides is 3. The molecule has 0 bridgehead atoms. The lowest BCUT2D eigenvalue weighted by atomic mass is 10.1. The van der Waals surface area contributed by atoms with E-state index in [1.54, 1.807) is 19.2 Å². The Bertz CT molecular complexity index is 1090. The first kappa shape index (κ1) is 24.4. The predicted octanol–water partition coefficient (Wildman–Crippen LogP) is 3.90. The zero-order valence-corrected chi connectivity index (χ0v) is 17.8. The van der Waals surface area contributed by atoms with Crippen molar-refractivity contribution in [2.45, 2.75) is 32.5 Å². The fraction of sp³-hybridized carbons (Fsp3) is 0.300. The van der Waals surface area contributed by atoms with E-state index in [4.69, 9.17) is 9.90 Å². The number of carbonyl (C=O) groups excluding carboxylic acids is 1. The number of halogens is 3. The van der Waals surface area contributed by atoms with Crippen LogP contribution in [0.1, 0.15) is 31.1 Å². The van der Waals surface area contributed by atoms with Crippen molar-refractivity contribution in [1.82, 2.24) is 20.3 Å². The highest BCUT2D eigenvalue weighted by Gasteiger charge is 2.38. The molecule has 0 fully saturated rings. The minimum atomic E-state index is -5.08. The number of hydrogen-bond acceptors (Lipinski definition) is 6. The number of nitrogens with one attached hydrogen (secondary N) is 4. The number of fused-ring (bicyclic) bond motifs is 1. The number of amides is 1. The van der Waals surface area contributed by atoms with Crippen molar-refractivity contribution in [3.05, 3.63) is 42.1 Å². The Labute approximate surface area is 181 Å². The van der Waals surface area contributed by atoms with Crippen molar-refractivity contribution in [1.29, 1.82) is 0 Å². The molecule has 0 aliphatic heterocycles. The second kappa shape index (κ2) is 9.54. The van der Waals surface area contributed by atoms with Crippen LogP contribution < -0.4 is 16.0 Å². The van der Waals surface area contributed by atoms with Gasteiger partial charge in [-0.2, -0.15) is 23.1 Å². The molecule has 3 aromatic rings. The summed E-state index contributed by atoms with van der Waals surface area (Å²) >= 11 is 0. The molecule has 2 heterocycles. The van der Waals surface area contributed by atoms with E-state index >= 15 is 0 Å². The van der Waals surface area contributed by atoms with Gasteiger partial charge in [-0.15, -0.1) is 0 Å². The van der Waals surface area contributed by atoms with E-state index in [1.165, 1.54) is 0 Å². The Morgan fingerprint density at radius 1 is 1.03 bits per heavy atom. The molecule has 0 spiro atoms. The van der Waals surface area contributed by atoms with Crippen molar-refractivity contribution in [2.24, 2.45) is 0 Å². The average Bonchev–Trinajstić information content (AvgIpc) is 3.15. The quantitative estimate of drug-likeness (QED) is 0.406. The van der Waals surface area contributed by atoms with Gasteiger partial charge in [-0.25, -0.2) is 4.79 Å². The zero-order valence-electron chi connectivity index (χ0n) is 17.8. The predicted molar refractivity (Wildman–Crippen MR) is 114 cm³/mol. The fourth-order valence-electron chi connectivity index (χ4n) is 2.43. The van der Waals surface area contributed by atoms with E-state index in [1.807, 2.05) is 24.4 Å². The number of rotatable bonds is 4. The maximum absolute atomic E-state index is 11.6. The monoisotopic (exact) mass is 452 g/mol. The molecule has 5 N–H and O–H groups in total. The summed E-state index contributed by atoms with van der Waals surface area (Å²) in [6.45, 7) is 6.24. The number of anilines is 3. The van der Waals surface area contributed by atoms with Crippen LogP contribution in [0.2, 0.25) is 0 Å². The number of hydrogen-bond donors (Lipinski definition) is 5. The van der Waals surface area contributed by atoms with Gasteiger partial charge in [0.1, 0.15) is 11.5 Å². The Morgan fingerprint density at radius 3 is 2.12 bits per heavy atom. The maximum Gasteiger partial charge on any atom is 0.490 e. The van der Waals surface area contributed by atoms with Crippen LogP contribution in [0.3, 0.4) is 0 Å². The van der Waals surface area contributed by atoms with Crippen molar-refractivity contribution < 1.29 is 27.9 Å². The Kier molecular flexibility index (Phi) is 7.28.